The topological polar surface area (TPSA) is 28.7 Å². The Balaban J connectivity index is 2.46. The molecular formula is C9H6Cl2N2. The monoisotopic (exact) mass is 212 g/mol. The summed E-state index contributed by atoms with van der Waals surface area (Å²) >= 11 is 11.5. The van der Waals surface area contributed by atoms with Crippen molar-refractivity contribution in [3.8, 4) is 11.3 Å². The number of hydrogen-bond acceptors (Lipinski definition) is 1. The van der Waals surface area contributed by atoms with Gasteiger partial charge in [-0.15, -0.1) is 0 Å². The van der Waals surface area contributed by atoms with Crippen LogP contribution in [0, 0.1) is 0 Å². The first kappa shape index (κ1) is 8.60. The van der Waals surface area contributed by atoms with Crippen LogP contribution in [0.2, 0.25) is 10.2 Å². The molecule has 2 nitrogen and oxygen atoms in total. The van der Waals surface area contributed by atoms with Gasteiger partial charge >= 0.3 is 0 Å². The highest BCUT2D eigenvalue weighted by Gasteiger charge is 2.01. The second-order valence-electron chi connectivity index (χ2n) is 2.61. The molecule has 0 aliphatic carbocycles. The fourth-order valence-electron chi connectivity index (χ4n) is 1.09. The largest absolute Gasteiger partial charge is 0.267 e. The Morgan fingerprint density at radius 1 is 1.15 bits per heavy atom. The molecule has 0 radical (unpaired) electrons. The minimum Gasteiger partial charge on any atom is -0.267 e. The highest BCUT2D eigenvalue weighted by atomic mass is 35.5. The summed E-state index contributed by atoms with van der Waals surface area (Å²) in [6, 6.07) is 9.22. The van der Waals surface area contributed by atoms with Gasteiger partial charge in [0.1, 0.15) is 5.15 Å². The third-order valence-electron chi connectivity index (χ3n) is 1.67. The summed E-state index contributed by atoms with van der Waals surface area (Å²) in [4.78, 5) is 0. The highest BCUT2D eigenvalue weighted by Crippen LogP contribution is 2.22. The number of benzene rings is 1. The zero-order chi connectivity index (χ0) is 9.26. The molecule has 1 heterocycles. The molecule has 0 aliphatic rings. The van der Waals surface area contributed by atoms with Crippen LogP contribution in [0.25, 0.3) is 11.3 Å². The Morgan fingerprint density at radius 2 is 2.00 bits per heavy atom. The van der Waals surface area contributed by atoms with E-state index in [4.69, 9.17) is 23.2 Å². The van der Waals surface area contributed by atoms with Gasteiger partial charge in [0.15, 0.2) is 0 Å². The standard InChI is InChI=1S/C9H6Cl2N2/c10-7-3-1-2-6(4-7)8-5-9(11)13-12-8/h1-5H,(H,12,13). The predicted octanol–water partition coefficient (Wildman–Crippen LogP) is 3.38. The van der Waals surface area contributed by atoms with E-state index in [1.54, 1.807) is 6.07 Å². The van der Waals surface area contributed by atoms with Crippen molar-refractivity contribution < 1.29 is 0 Å². The van der Waals surface area contributed by atoms with Crippen molar-refractivity contribution in [1.82, 2.24) is 10.2 Å². The lowest BCUT2D eigenvalue weighted by molar-refractivity contribution is 1.10. The van der Waals surface area contributed by atoms with Crippen LogP contribution in [0.15, 0.2) is 30.3 Å². The van der Waals surface area contributed by atoms with Gasteiger partial charge in [-0.1, -0.05) is 35.3 Å². The summed E-state index contributed by atoms with van der Waals surface area (Å²) in [5, 5.41) is 7.88. The second kappa shape index (κ2) is 3.40. The second-order valence-corrected chi connectivity index (χ2v) is 3.46. The summed E-state index contributed by atoms with van der Waals surface area (Å²) in [6.07, 6.45) is 0. The summed E-state index contributed by atoms with van der Waals surface area (Å²) in [5.41, 5.74) is 1.75. The van der Waals surface area contributed by atoms with Gasteiger partial charge in [-0.3, -0.25) is 5.10 Å². The minimum absolute atomic E-state index is 0.523. The van der Waals surface area contributed by atoms with E-state index in [0.717, 1.165) is 11.3 Å². The van der Waals surface area contributed by atoms with Crippen molar-refractivity contribution in [2.75, 3.05) is 0 Å². The highest BCUT2D eigenvalue weighted by molar-refractivity contribution is 6.31. The third kappa shape index (κ3) is 1.85. The van der Waals surface area contributed by atoms with Crippen LogP contribution in [0.3, 0.4) is 0 Å². The van der Waals surface area contributed by atoms with E-state index < -0.39 is 0 Å². The number of aromatic amines is 1. The third-order valence-corrected chi connectivity index (χ3v) is 2.10. The van der Waals surface area contributed by atoms with Crippen LogP contribution in [0.1, 0.15) is 0 Å². The van der Waals surface area contributed by atoms with Crippen molar-refractivity contribution in [1.29, 1.82) is 0 Å². The van der Waals surface area contributed by atoms with Gasteiger partial charge in [0, 0.05) is 16.7 Å². The molecule has 2 rings (SSSR count). The molecule has 66 valence electrons. The van der Waals surface area contributed by atoms with Crippen molar-refractivity contribution in [3.05, 3.63) is 40.5 Å². The molecule has 0 amide bonds. The van der Waals surface area contributed by atoms with E-state index in [1.807, 2.05) is 24.3 Å². The van der Waals surface area contributed by atoms with Crippen molar-refractivity contribution in [2.45, 2.75) is 0 Å². The molecule has 2 aromatic rings. The van der Waals surface area contributed by atoms with Gasteiger partial charge < -0.3 is 0 Å². The molecule has 1 aromatic heterocycles. The van der Waals surface area contributed by atoms with Crippen LogP contribution < -0.4 is 0 Å². The molecule has 1 aromatic carbocycles. The van der Waals surface area contributed by atoms with E-state index >= 15 is 0 Å². The zero-order valence-corrected chi connectivity index (χ0v) is 8.10. The number of nitrogens with zero attached hydrogens (tertiary/aromatic N) is 1. The van der Waals surface area contributed by atoms with E-state index in [2.05, 4.69) is 10.2 Å². The molecule has 0 bridgehead atoms. The number of H-pyrrole nitrogens is 1. The van der Waals surface area contributed by atoms with Crippen molar-refractivity contribution in [2.24, 2.45) is 0 Å². The smallest absolute Gasteiger partial charge is 0.124 e. The van der Waals surface area contributed by atoms with Crippen LogP contribution >= 0.6 is 23.2 Å². The first-order chi connectivity index (χ1) is 6.25. The SMILES string of the molecule is Clc1cccc(-c2cc(Cl)[nH]n2)c1. The van der Waals surface area contributed by atoms with Crippen molar-refractivity contribution >= 4 is 23.2 Å². The number of hydrogen-bond donors (Lipinski definition) is 1. The van der Waals surface area contributed by atoms with Gasteiger partial charge in [0.2, 0.25) is 0 Å². The van der Waals surface area contributed by atoms with E-state index in [1.165, 1.54) is 0 Å². The quantitative estimate of drug-likeness (QED) is 0.772. The number of aromatic nitrogens is 2. The van der Waals surface area contributed by atoms with Gasteiger partial charge in [0.05, 0.1) is 5.69 Å². The average molecular weight is 213 g/mol. The van der Waals surface area contributed by atoms with Gasteiger partial charge in [-0.05, 0) is 12.1 Å². The van der Waals surface area contributed by atoms with Crippen LogP contribution in [-0.4, -0.2) is 10.2 Å². The van der Waals surface area contributed by atoms with Crippen LogP contribution in [0.5, 0.6) is 0 Å². The lowest BCUT2D eigenvalue weighted by Crippen LogP contribution is -1.76. The predicted molar refractivity (Wildman–Crippen MR) is 54.0 cm³/mol. The molecule has 0 aliphatic heterocycles. The van der Waals surface area contributed by atoms with E-state index in [9.17, 15) is 0 Å². The molecule has 0 atom stereocenters. The first-order valence-corrected chi connectivity index (χ1v) is 4.48. The lowest BCUT2D eigenvalue weighted by atomic mass is 10.2. The fraction of sp³-hybridized carbons (Fsp3) is 0. The number of halogens is 2. The molecule has 0 saturated heterocycles. The molecule has 4 heteroatoms. The van der Waals surface area contributed by atoms with Crippen LogP contribution in [0.4, 0.5) is 0 Å². The molecule has 0 spiro atoms. The van der Waals surface area contributed by atoms with E-state index in [-0.39, 0.29) is 0 Å². The van der Waals surface area contributed by atoms with Gasteiger partial charge in [-0.2, -0.15) is 5.10 Å². The van der Waals surface area contributed by atoms with E-state index in [0.29, 0.717) is 10.2 Å². The first-order valence-electron chi connectivity index (χ1n) is 3.72. The molecule has 0 unspecified atom stereocenters. The Labute approximate surface area is 85.5 Å². The minimum atomic E-state index is 0.523. The van der Waals surface area contributed by atoms with Gasteiger partial charge in [0.25, 0.3) is 0 Å². The lowest BCUT2D eigenvalue weighted by Gasteiger charge is -1.95. The maximum absolute atomic E-state index is 5.83. The summed E-state index contributed by atoms with van der Waals surface area (Å²) < 4.78 is 0. The number of rotatable bonds is 1. The molecule has 1 N–H and O–H groups in total. The summed E-state index contributed by atoms with van der Waals surface area (Å²) in [5.74, 6) is 0. The number of nitrogens with one attached hydrogen (secondary N) is 1. The Morgan fingerprint density at radius 3 is 2.62 bits per heavy atom. The molecule has 0 fully saturated rings. The molecule has 0 saturated carbocycles. The zero-order valence-electron chi connectivity index (χ0n) is 6.59. The summed E-state index contributed by atoms with van der Waals surface area (Å²) in [7, 11) is 0. The molecular weight excluding hydrogens is 207 g/mol. The normalized spacial score (nSPS) is 10.3. The average Bonchev–Trinajstić information content (AvgIpc) is 2.52. The Kier molecular flexibility index (Phi) is 2.25. The Bertz CT molecular complexity index is 423. The van der Waals surface area contributed by atoms with Crippen LogP contribution in [-0.2, 0) is 0 Å². The van der Waals surface area contributed by atoms with Crippen molar-refractivity contribution in [3.63, 3.8) is 0 Å². The summed E-state index contributed by atoms with van der Waals surface area (Å²) in [6.45, 7) is 0. The maximum atomic E-state index is 5.83. The Hall–Kier alpha value is -0.990. The molecule has 13 heavy (non-hydrogen) atoms. The maximum Gasteiger partial charge on any atom is 0.124 e. The fourth-order valence-corrected chi connectivity index (χ4v) is 1.43. The van der Waals surface area contributed by atoms with Gasteiger partial charge in [-0.25, -0.2) is 0 Å².